The summed E-state index contributed by atoms with van der Waals surface area (Å²) in [6, 6.07) is 7.78. The van der Waals surface area contributed by atoms with Crippen LogP contribution < -0.4 is 0 Å². The third-order valence-electron chi connectivity index (χ3n) is 2.14. The Labute approximate surface area is 86.0 Å². The van der Waals surface area contributed by atoms with Gasteiger partial charge in [0.05, 0.1) is 17.5 Å². The molecular weight excluding hydrogens is 196 g/mol. The highest BCUT2D eigenvalue weighted by atomic mass is 32.1. The summed E-state index contributed by atoms with van der Waals surface area (Å²) in [7, 11) is 0. The average Bonchev–Trinajstić information content (AvgIpc) is 2.55. The molecule has 0 radical (unpaired) electrons. The third-order valence-corrected chi connectivity index (χ3v) is 2.32. The fraction of sp³-hybridized carbons (Fsp3) is 0.200. The van der Waals surface area contributed by atoms with Crippen molar-refractivity contribution in [1.29, 1.82) is 5.26 Å². The Hall–Kier alpha value is -1.60. The smallest absolute Gasteiger partial charge is 0.266 e. The van der Waals surface area contributed by atoms with Gasteiger partial charge < -0.3 is 9.40 Å². The predicted octanol–water partition coefficient (Wildman–Crippen LogP) is 3.12. The Morgan fingerprint density at radius 3 is 3.07 bits per heavy atom. The molecule has 0 aliphatic rings. The molecule has 1 unspecified atom stereocenters. The van der Waals surface area contributed by atoms with Crippen LogP contribution in [-0.4, -0.2) is 4.98 Å². The zero-order chi connectivity index (χ0) is 10.1. The van der Waals surface area contributed by atoms with Crippen molar-refractivity contribution < 1.29 is 4.42 Å². The quantitative estimate of drug-likeness (QED) is 0.726. The summed E-state index contributed by atoms with van der Waals surface area (Å²) < 4.78 is 5.21. The summed E-state index contributed by atoms with van der Waals surface area (Å²) in [6.07, 6.45) is 0. The number of hydrogen-bond acceptors (Lipinski definition) is 3. The molecule has 0 bridgehead atoms. The molecule has 1 heterocycles. The maximum Gasteiger partial charge on any atom is 0.266 e. The minimum absolute atomic E-state index is 0.115. The lowest BCUT2D eigenvalue weighted by molar-refractivity contribution is 0.583. The predicted molar refractivity (Wildman–Crippen MR) is 55.4 cm³/mol. The zero-order valence-corrected chi connectivity index (χ0v) is 8.39. The average molecular weight is 204 g/mol. The monoisotopic (exact) mass is 204 g/mol. The Kier molecular flexibility index (Phi) is 2.10. The summed E-state index contributed by atoms with van der Waals surface area (Å²) in [4.78, 5) is 3.28. The molecule has 1 N–H and O–H groups in total. The van der Waals surface area contributed by atoms with E-state index >= 15 is 0 Å². The number of aromatic nitrogens is 1. The SMILES string of the molecule is CC(C#N)c1ccc2oc(=S)[nH]c2c1. The van der Waals surface area contributed by atoms with Crippen LogP contribution in [0.5, 0.6) is 0 Å². The molecule has 14 heavy (non-hydrogen) atoms. The maximum atomic E-state index is 8.76. The number of nitriles is 1. The van der Waals surface area contributed by atoms with Crippen LogP contribution in [0.15, 0.2) is 22.6 Å². The Balaban J connectivity index is 2.62. The van der Waals surface area contributed by atoms with Gasteiger partial charge in [0.25, 0.3) is 4.84 Å². The van der Waals surface area contributed by atoms with E-state index < -0.39 is 0 Å². The zero-order valence-electron chi connectivity index (χ0n) is 7.57. The molecule has 0 spiro atoms. The molecular formula is C10H8N2OS. The first-order chi connectivity index (χ1) is 6.70. The third kappa shape index (κ3) is 1.42. The van der Waals surface area contributed by atoms with E-state index in [2.05, 4.69) is 11.1 Å². The van der Waals surface area contributed by atoms with E-state index in [4.69, 9.17) is 21.9 Å². The van der Waals surface area contributed by atoms with Gasteiger partial charge in [0.15, 0.2) is 5.58 Å². The van der Waals surface area contributed by atoms with Gasteiger partial charge in [0.2, 0.25) is 0 Å². The van der Waals surface area contributed by atoms with E-state index in [1.54, 1.807) is 0 Å². The molecule has 3 nitrogen and oxygen atoms in total. The van der Waals surface area contributed by atoms with Crippen molar-refractivity contribution in [1.82, 2.24) is 4.98 Å². The second kappa shape index (κ2) is 3.28. The van der Waals surface area contributed by atoms with E-state index in [-0.39, 0.29) is 5.92 Å². The molecule has 2 aromatic rings. The van der Waals surface area contributed by atoms with Gasteiger partial charge >= 0.3 is 0 Å². The van der Waals surface area contributed by atoms with Crippen LogP contribution in [0.4, 0.5) is 0 Å². The maximum absolute atomic E-state index is 8.76. The fourth-order valence-electron chi connectivity index (χ4n) is 1.31. The number of benzene rings is 1. The Bertz CT molecular complexity index is 561. The number of oxazole rings is 1. The lowest BCUT2D eigenvalue weighted by Gasteiger charge is -2.00. The molecule has 70 valence electrons. The van der Waals surface area contributed by atoms with E-state index in [1.165, 1.54) is 0 Å². The number of nitrogens with one attached hydrogen (secondary N) is 1. The van der Waals surface area contributed by atoms with Gasteiger partial charge in [-0.2, -0.15) is 5.26 Å². The molecule has 0 aliphatic heterocycles. The lowest BCUT2D eigenvalue weighted by atomic mass is 10.0. The molecule has 1 aromatic heterocycles. The van der Waals surface area contributed by atoms with Gasteiger partial charge in [0, 0.05) is 0 Å². The van der Waals surface area contributed by atoms with Crippen LogP contribution in [0.25, 0.3) is 11.1 Å². The first-order valence-electron chi connectivity index (χ1n) is 4.23. The van der Waals surface area contributed by atoms with Crippen LogP contribution in [0.3, 0.4) is 0 Å². The number of nitrogens with zero attached hydrogens (tertiary/aromatic N) is 1. The topological polar surface area (TPSA) is 52.7 Å². The van der Waals surface area contributed by atoms with E-state index in [9.17, 15) is 0 Å². The molecule has 0 saturated heterocycles. The van der Waals surface area contributed by atoms with E-state index in [1.807, 2.05) is 25.1 Å². The van der Waals surface area contributed by atoms with Crippen molar-refractivity contribution in [3.05, 3.63) is 28.6 Å². The molecule has 0 aliphatic carbocycles. The van der Waals surface area contributed by atoms with Crippen LogP contribution in [0, 0.1) is 16.2 Å². The first-order valence-corrected chi connectivity index (χ1v) is 4.64. The van der Waals surface area contributed by atoms with Gasteiger partial charge in [-0.15, -0.1) is 0 Å². The van der Waals surface area contributed by atoms with Crippen LogP contribution in [0.2, 0.25) is 0 Å². The molecule has 1 atom stereocenters. The van der Waals surface area contributed by atoms with Crippen molar-refractivity contribution in [2.24, 2.45) is 0 Å². The lowest BCUT2D eigenvalue weighted by Crippen LogP contribution is -1.88. The van der Waals surface area contributed by atoms with Gasteiger partial charge in [-0.3, -0.25) is 0 Å². The van der Waals surface area contributed by atoms with Crippen molar-refractivity contribution in [2.75, 3.05) is 0 Å². The summed E-state index contributed by atoms with van der Waals surface area (Å²) in [6.45, 7) is 1.86. The second-order valence-corrected chi connectivity index (χ2v) is 3.49. The van der Waals surface area contributed by atoms with Gasteiger partial charge in [-0.05, 0) is 36.8 Å². The standard InChI is InChI=1S/C10H8N2OS/c1-6(5-11)7-2-3-9-8(4-7)12-10(14)13-9/h2-4,6H,1H3,(H,12,14). The minimum Gasteiger partial charge on any atom is -0.429 e. The van der Waals surface area contributed by atoms with Crippen molar-refractivity contribution in [3.63, 3.8) is 0 Å². The molecule has 4 heteroatoms. The largest absolute Gasteiger partial charge is 0.429 e. The Morgan fingerprint density at radius 1 is 1.57 bits per heavy atom. The van der Waals surface area contributed by atoms with Crippen molar-refractivity contribution in [2.45, 2.75) is 12.8 Å². The molecule has 0 fully saturated rings. The summed E-state index contributed by atoms with van der Waals surface area (Å²) >= 11 is 4.86. The van der Waals surface area contributed by atoms with Crippen LogP contribution in [0.1, 0.15) is 18.4 Å². The molecule has 2 rings (SSSR count). The van der Waals surface area contributed by atoms with Crippen LogP contribution in [-0.2, 0) is 0 Å². The molecule has 1 aromatic carbocycles. The van der Waals surface area contributed by atoms with Crippen LogP contribution >= 0.6 is 12.2 Å². The highest BCUT2D eigenvalue weighted by molar-refractivity contribution is 7.71. The summed E-state index contributed by atoms with van der Waals surface area (Å²) in [5.74, 6) is -0.115. The summed E-state index contributed by atoms with van der Waals surface area (Å²) in [5.41, 5.74) is 2.53. The number of aromatic amines is 1. The minimum atomic E-state index is -0.115. The summed E-state index contributed by atoms with van der Waals surface area (Å²) in [5, 5.41) is 8.76. The fourth-order valence-corrected chi connectivity index (χ4v) is 1.51. The van der Waals surface area contributed by atoms with Crippen molar-refractivity contribution >= 4 is 23.3 Å². The number of fused-ring (bicyclic) bond motifs is 1. The van der Waals surface area contributed by atoms with Gasteiger partial charge in [-0.25, -0.2) is 0 Å². The number of hydrogen-bond donors (Lipinski definition) is 1. The normalized spacial score (nSPS) is 12.6. The highest BCUT2D eigenvalue weighted by Gasteiger charge is 2.06. The van der Waals surface area contributed by atoms with Gasteiger partial charge in [-0.1, -0.05) is 6.07 Å². The number of rotatable bonds is 1. The Morgan fingerprint density at radius 2 is 2.36 bits per heavy atom. The highest BCUT2D eigenvalue weighted by Crippen LogP contribution is 2.20. The van der Waals surface area contributed by atoms with E-state index in [0.717, 1.165) is 16.7 Å². The van der Waals surface area contributed by atoms with Gasteiger partial charge in [0.1, 0.15) is 0 Å². The van der Waals surface area contributed by atoms with Crippen molar-refractivity contribution in [3.8, 4) is 6.07 Å². The van der Waals surface area contributed by atoms with E-state index in [0.29, 0.717) is 4.84 Å². The second-order valence-electron chi connectivity index (χ2n) is 3.12. The molecule has 0 saturated carbocycles. The first kappa shape index (κ1) is 8.97. The molecule has 0 amide bonds. The number of H-pyrrole nitrogens is 1.